The Labute approximate surface area is 186 Å². The van der Waals surface area contributed by atoms with Crippen LogP contribution in [0.4, 0.5) is 10.1 Å². The number of rotatable bonds is 5. The number of para-hydroxylation sites is 1. The molecule has 2 aliphatic heterocycles. The van der Waals surface area contributed by atoms with E-state index in [1.165, 1.54) is 23.9 Å². The first-order valence-electron chi connectivity index (χ1n) is 10.4. The van der Waals surface area contributed by atoms with Crippen LogP contribution < -0.4 is 4.90 Å². The van der Waals surface area contributed by atoms with Gasteiger partial charge in [-0.2, -0.15) is 4.99 Å². The number of hydrogen-bond acceptors (Lipinski definition) is 4. The summed E-state index contributed by atoms with van der Waals surface area (Å²) in [6, 6.07) is 11.7. The molecule has 1 amide bonds. The van der Waals surface area contributed by atoms with Crippen molar-refractivity contribution in [3.63, 3.8) is 0 Å². The van der Waals surface area contributed by atoms with E-state index in [1.54, 1.807) is 12.1 Å². The summed E-state index contributed by atoms with van der Waals surface area (Å²) in [5.74, 6) is -0.511. The van der Waals surface area contributed by atoms with Crippen LogP contribution in [-0.2, 0) is 33.9 Å². The van der Waals surface area contributed by atoms with Gasteiger partial charge in [0.2, 0.25) is 0 Å². The van der Waals surface area contributed by atoms with Crippen LogP contribution in [0.1, 0.15) is 30.5 Å². The van der Waals surface area contributed by atoms with Gasteiger partial charge in [-0.1, -0.05) is 55.9 Å². The molecule has 0 aliphatic carbocycles. The number of halogens is 1. The Bertz CT molecular complexity index is 1110. The number of aryl methyl sites for hydroxylation is 2. The average molecular weight is 461 g/mol. The lowest BCUT2D eigenvalue weighted by Crippen LogP contribution is -2.39. The number of thioether (sulfide) groups is 1. The molecule has 2 fully saturated rings. The first-order chi connectivity index (χ1) is 14.8. The topological polar surface area (TPSA) is 66.8 Å². The first-order valence-corrected chi connectivity index (χ1v) is 13.1. The molecule has 2 atom stereocenters. The van der Waals surface area contributed by atoms with Crippen LogP contribution in [0.3, 0.4) is 0 Å². The summed E-state index contributed by atoms with van der Waals surface area (Å²) >= 11 is 1.38. The summed E-state index contributed by atoms with van der Waals surface area (Å²) in [7, 11) is -3.13. The van der Waals surface area contributed by atoms with E-state index >= 15 is 0 Å². The lowest BCUT2D eigenvalue weighted by Gasteiger charge is -2.29. The molecular weight excluding hydrogens is 435 g/mol. The number of hydrogen-bond donors (Lipinski definition) is 0. The van der Waals surface area contributed by atoms with Crippen LogP contribution in [0.5, 0.6) is 0 Å². The summed E-state index contributed by atoms with van der Waals surface area (Å²) in [6.45, 7) is 4.14. The second kappa shape index (κ2) is 8.74. The standard InChI is InChI=1S/C23H25FN2O3S2/c1-3-16-6-5-7-17(4-2)22(16)26-19-13-31(28,29)14-20(19)30-23(26)25-21(27)12-15-8-10-18(24)11-9-15/h5-11,19-20H,3-4,12-14H2,1-2H3/t19-,20+/m0/s1. The zero-order valence-electron chi connectivity index (χ0n) is 17.5. The third-order valence-corrected chi connectivity index (χ3v) is 8.97. The predicted octanol–water partition coefficient (Wildman–Crippen LogP) is 3.79. The van der Waals surface area contributed by atoms with Crippen LogP contribution in [0.25, 0.3) is 0 Å². The van der Waals surface area contributed by atoms with Gasteiger partial charge in [0.25, 0.3) is 5.91 Å². The SMILES string of the molecule is CCc1cccc(CC)c1N1C(=NC(=O)Cc2ccc(F)cc2)S[C@@H]2CS(=O)(=O)C[C@@H]21. The fourth-order valence-corrected chi connectivity index (χ4v) is 8.19. The van der Waals surface area contributed by atoms with Crippen molar-refractivity contribution in [1.29, 1.82) is 0 Å². The molecular formula is C23H25FN2O3S2. The van der Waals surface area contributed by atoms with E-state index in [4.69, 9.17) is 0 Å². The number of amides is 1. The minimum atomic E-state index is -3.13. The molecule has 2 heterocycles. The van der Waals surface area contributed by atoms with Crippen LogP contribution >= 0.6 is 11.8 Å². The fraction of sp³-hybridized carbons (Fsp3) is 0.391. The number of carbonyl (C=O) groups is 1. The van der Waals surface area contributed by atoms with Crippen molar-refractivity contribution in [3.8, 4) is 0 Å². The maximum Gasteiger partial charge on any atom is 0.252 e. The summed E-state index contributed by atoms with van der Waals surface area (Å²) in [6.07, 6.45) is 1.67. The van der Waals surface area contributed by atoms with Gasteiger partial charge >= 0.3 is 0 Å². The van der Waals surface area contributed by atoms with Gasteiger partial charge in [0.05, 0.1) is 24.0 Å². The molecule has 0 radical (unpaired) electrons. The first kappa shape index (κ1) is 22.0. The zero-order valence-corrected chi connectivity index (χ0v) is 19.2. The van der Waals surface area contributed by atoms with Crippen LogP contribution in [0.15, 0.2) is 47.5 Å². The van der Waals surface area contributed by atoms with Crippen molar-refractivity contribution in [2.75, 3.05) is 16.4 Å². The second-order valence-corrected chi connectivity index (χ2v) is 11.3. The Morgan fingerprint density at radius 3 is 2.35 bits per heavy atom. The number of nitrogens with zero attached hydrogens (tertiary/aromatic N) is 2. The molecule has 31 heavy (non-hydrogen) atoms. The highest BCUT2D eigenvalue weighted by Crippen LogP contribution is 2.43. The zero-order chi connectivity index (χ0) is 22.2. The second-order valence-electron chi connectivity index (χ2n) is 7.89. The molecule has 0 aromatic heterocycles. The number of aliphatic imine (C=N–C) groups is 1. The molecule has 5 nitrogen and oxygen atoms in total. The summed E-state index contributed by atoms with van der Waals surface area (Å²) in [5, 5.41) is 0.421. The minimum Gasteiger partial charge on any atom is -0.315 e. The highest BCUT2D eigenvalue weighted by Gasteiger charge is 2.50. The van der Waals surface area contributed by atoms with Crippen LogP contribution in [-0.4, -0.2) is 42.3 Å². The molecule has 0 N–H and O–H groups in total. The lowest BCUT2D eigenvalue weighted by atomic mass is 10.0. The van der Waals surface area contributed by atoms with Gasteiger partial charge in [-0.3, -0.25) is 4.79 Å². The van der Waals surface area contributed by atoms with E-state index in [-0.39, 0.29) is 40.9 Å². The minimum absolute atomic E-state index is 0.0665. The number of benzene rings is 2. The van der Waals surface area contributed by atoms with Crippen molar-refractivity contribution in [1.82, 2.24) is 0 Å². The van der Waals surface area contributed by atoms with Crippen molar-refractivity contribution in [2.45, 2.75) is 44.4 Å². The number of anilines is 1. The van der Waals surface area contributed by atoms with E-state index in [9.17, 15) is 17.6 Å². The monoisotopic (exact) mass is 460 g/mol. The largest absolute Gasteiger partial charge is 0.315 e. The number of carbonyl (C=O) groups excluding carboxylic acids is 1. The Morgan fingerprint density at radius 2 is 1.74 bits per heavy atom. The normalized spacial score (nSPS) is 23.3. The van der Waals surface area contributed by atoms with E-state index in [2.05, 4.69) is 18.8 Å². The molecule has 164 valence electrons. The molecule has 2 aliphatic rings. The molecule has 0 spiro atoms. The molecule has 2 aromatic carbocycles. The Balaban J connectivity index is 1.73. The van der Waals surface area contributed by atoms with Crippen LogP contribution in [0, 0.1) is 5.82 Å². The maximum atomic E-state index is 13.2. The van der Waals surface area contributed by atoms with Crippen molar-refractivity contribution >= 4 is 38.4 Å². The molecule has 0 saturated carbocycles. The average Bonchev–Trinajstić information content (AvgIpc) is 3.19. The summed E-state index contributed by atoms with van der Waals surface area (Å²) in [5.41, 5.74) is 3.90. The smallest absolute Gasteiger partial charge is 0.252 e. The number of fused-ring (bicyclic) bond motifs is 1. The highest BCUT2D eigenvalue weighted by atomic mass is 32.2. The maximum absolute atomic E-state index is 13.2. The molecule has 4 rings (SSSR count). The number of amidine groups is 1. The van der Waals surface area contributed by atoms with Crippen LogP contribution in [0.2, 0.25) is 0 Å². The third-order valence-electron chi connectivity index (χ3n) is 5.76. The van der Waals surface area contributed by atoms with E-state index in [0.29, 0.717) is 10.7 Å². The third kappa shape index (κ3) is 4.55. The highest BCUT2D eigenvalue weighted by molar-refractivity contribution is 8.16. The molecule has 2 saturated heterocycles. The van der Waals surface area contributed by atoms with E-state index in [1.807, 2.05) is 23.1 Å². The Morgan fingerprint density at radius 1 is 1.10 bits per heavy atom. The van der Waals surface area contributed by atoms with Gasteiger partial charge in [0.1, 0.15) is 5.82 Å². The fourth-order valence-electron chi connectivity index (χ4n) is 4.27. The summed E-state index contributed by atoms with van der Waals surface area (Å²) in [4.78, 5) is 19.2. The van der Waals surface area contributed by atoms with Gasteiger partial charge in [0.15, 0.2) is 15.0 Å². The van der Waals surface area contributed by atoms with Crippen molar-refractivity contribution in [2.24, 2.45) is 4.99 Å². The molecule has 8 heteroatoms. The number of sulfone groups is 1. The molecule has 2 aromatic rings. The Kier molecular flexibility index (Phi) is 6.21. The lowest BCUT2D eigenvalue weighted by molar-refractivity contribution is -0.117. The predicted molar refractivity (Wildman–Crippen MR) is 124 cm³/mol. The van der Waals surface area contributed by atoms with Gasteiger partial charge in [-0.05, 0) is 41.7 Å². The van der Waals surface area contributed by atoms with Gasteiger partial charge in [0, 0.05) is 10.9 Å². The molecule has 0 bridgehead atoms. The van der Waals surface area contributed by atoms with Gasteiger partial charge in [-0.15, -0.1) is 0 Å². The van der Waals surface area contributed by atoms with E-state index < -0.39 is 9.84 Å². The van der Waals surface area contributed by atoms with Crippen molar-refractivity contribution < 1.29 is 17.6 Å². The quantitative estimate of drug-likeness (QED) is 0.679. The van der Waals surface area contributed by atoms with Crippen molar-refractivity contribution in [3.05, 3.63) is 65.0 Å². The molecule has 0 unspecified atom stereocenters. The van der Waals surface area contributed by atoms with Gasteiger partial charge < -0.3 is 4.90 Å². The Hall–Kier alpha value is -2.19. The summed E-state index contributed by atoms with van der Waals surface area (Å²) < 4.78 is 37.9. The van der Waals surface area contributed by atoms with Gasteiger partial charge in [-0.25, -0.2) is 12.8 Å². The van der Waals surface area contributed by atoms with E-state index in [0.717, 1.165) is 29.7 Å².